The van der Waals surface area contributed by atoms with E-state index in [0.29, 0.717) is 17.3 Å². The number of ether oxygens (including phenoxy) is 2. The van der Waals surface area contributed by atoms with E-state index in [0.717, 1.165) is 5.56 Å². The second-order valence-corrected chi connectivity index (χ2v) is 4.15. The standard InChI is InChI=1S/C13H17N5O3/c1-14-7-11(19)15-13-16-12(17-18-13)9-5-4-8(20-2)6-10(9)21-3/h4-6,14H,7H2,1-3H3,(H2,15,16,17,18,19). The van der Waals surface area contributed by atoms with Crippen LogP contribution >= 0.6 is 0 Å². The van der Waals surface area contributed by atoms with Crippen molar-refractivity contribution in [2.24, 2.45) is 0 Å². The molecular formula is C13H17N5O3. The highest BCUT2D eigenvalue weighted by Crippen LogP contribution is 2.31. The van der Waals surface area contributed by atoms with E-state index in [4.69, 9.17) is 9.47 Å². The number of amides is 1. The Bertz CT molecular complexity index is 626. The number of benzene rings is 1. The number of methoxy groups -OCH3 is 2. The first kappa shape index (κ1) is 14.8. The summed E-state index contributed by atoms with van der Waals surface area (Å²) < 4.78 is 10.4. The van der Waals surface area contributed by atoms with Crippen LogP contribution in [0.3, 0.4) is 0 Å². The largest absolute Gasteiger partial charge is 0.497 e. The molecule has 2 rings (SSSR count). The Hall–Kier alpha value is -2.61. The van der Waals surface area contributed by atoms with Gasteiger partial charge < -0.3 is 14.8 Å². The third-order valence-corrected chi connectivity index (χ3v) is 2.74. The fourth-order valence-electron chi connectivity index (χ4n) is 1.76. The Balaban J connectivity index is 2.23. The van der Waals surface area contributed by atoms with Gasteiger partial charge in [0.15, 0.2) is 5.82 Å². The maximum Gasteiger partial charge on any atom is 0.249 e. The highest BCUT2D eigenvalue weighted by Gasteiger charge is 2.13. The summed E-state index contributed by atoms with van der Waals surface area (Å²) in [5.74, 6) is 1.76. The number of likely N-dealkylation sites (N-methyl/N-ethyl adjacent to an activating group) is 1. The predicted octanol–water partition coefficient (Wildman–Crippen LogP) is 0.647. The van der Waals surface area contributed by atoms with Crippen LogP contribution in [0.5, 0.6) is 11.5 Å². The lowest BCUT2D eigenvalue weighted by Crippen LogP contribution is -2.25. The van der Waals surface area contributed by atoms with Gasteiger partial charge in [0.2, 0.25) is 11.9 Å². The molecule has 0 unspecified atom stereocenters. The quantitative estimate of drug-likeness (QED) is 0.722. The van der Waals surface area contributed by atoms with Crippen LogP contribution in [-0.4, -0.2) is 48.9 Å². The van der Waals surface area contributed by atoms with Gasteiger partial charge in [0.25, 0.3) is 0 Å². The molecule has 8 nitrogen and oxygen atoms in total. The highest BCUT2D eigenvalue weighted by atomic mass is 16.5. The van der Waals surface area contributed by atoms with Crippen LogP contribution in [0.25, 0.3) is 11.4 Å². The fraction of sp³-hybridized carbons (Fsp3) is 0.308. The molecule has 8 heteroatoms. The zero-order chi connectivity index (χ0) is 15.2. The van der Waals surface area contributed by atoms with Gasteiger partial charge in [-0.15, -0.1) is 5.10 Å². The summed E-state index contributed by atoms with van der Waals surface area (Å²) in [6.45, 7) is 0.190. The van der Waals surface area contributed by atoms with Crippen molar-refractivity contribution >= 4 is 11.9 Å². The lowest BCUT2D eigenvalue weighted by molar-refractivity contribution is -0.115. The average Bonchev–Trinajstić information content (AvgIpc) is 2.94. The van der Waals surface area contributed by atoms with Gasteiger partial charge in [0.1, 0.15) is 11.5 Å². The van der Waals surface area contributed by atoms with Crippen LogP contribution in [0.15, 0.2) is 18.2 Å². The molecule has 0 fully saturated rings. The van der Waals surface area contributed by atoms with E-state index < -0.39 is 0 Å². The van der Waals surface area contributed by atoms with Crippen molar-refractivity contribution in [3.05, 3.63) is 18.2 Å². The van der Waals surface area contributed by atoms with Crippen LogP contribution in [0.4, 0.5) is 5.95 Å². The number of nitrogens with zero attached hydrogens (tertiary/aromatic N) is 2. The molecule has 0 saturated heterocycles. The van der Waals surface area contributed by atoms with Gasteiger partial charge in [-0.3, -0.25) is 15.2 Å². The van der Waals surface area contributed by atoms with Crippen LogP contribution in [-0.2, 0) is 4.79 Å². The topological polar surface area (TPSA) is 101 Å². The first-order chi connectivity index (χ1) is 10.2. The van der Waals surface area contributed by atoms with E-state index in [2.05, 4.69) is 25.8 Å². The van der Waals surface area contributed by atoms with E-state index in [1.165, 1.54) is 0 Å². The maximum atomic E-state index is 11.5. The molecule has 0 spiro atoms. The van der Waals surface area contributed by atoms with Crippen molar-refractivity contribution in [2.75, 3.05) is 33.1 Å². The normalized spacial score (nSPS) is 10.2. The number of nitrogens with one attached hydrogen (secondary N) is 3. The summed E-state index contributed by atoms with van der Waals surface area (Å²) in [6, 6.07) is 5.34. The lowest BCUT2D eigenvalue weighted by Gasteiger charge is -2.07. The SMILES string of the molecule is CNCC(=O)Nc1n[nH]c(-c2ccc(OC)cc2OC)n1. The Kier molecular flexibility index (Phi) is 4.72. The molecule has 0 saturated carbocycles. The number of carbonyl (C=O) groups excluding carboxylic acids is 1. The summed E-state index contributed by atoms with van der Waals surface area (Å²) in [6.07, 6.45) is 0. The molecule has 1 amide bonds. The molecule has 0 aliphatic heterocycles. The molecule has 21 heavy (non-hydrogen) atoms. The van der Waals surface area contributed by atoms with Gasteiger partial charge in [0, 0.05) is 6.07 Å². The van der Waals surface area contributed by atoms with Crippen molar-refractivity contribution in [1.82, 2.24) is 20.5 Å². The van der Waals surface area contributed by atoms with E-state index in [9.17, 15) is 4.79 Å². The molecule has 0 aliphatic carbocycles. The van der Waals surface area contributed by atoms with Crippen LogP contribution < -0.4 is 20.1 Å². The fourth-order valence-corrected chi connectivity index (χ4v) is 1.76. The third kappa shape index (κ3) is 3.48. The van der Waals surface area contributed by atoms with Crippen molar-refractivity contribution in [2.45, 2.75) is 0 Å². The Morgan fingerprint density at radius 1 is 1.33 bits per heavy atom. The molecule has 3 N–H and O–H groups in total. The molecule has 0 radical (unpaired) electrons. The van der Waals surface area contributed by atoms with Crippen LogP contribution in [0, 0.1) is 0 Å². The maximum absolute atomic E-state index is 11.5. The molecule has 0 aliphatic rings. The van der Waals surface area contributed by atoms with Crippen molar-refractivity contribution < 1.29 is 14.3 Å². The summed E-state index contributed by atoms with van der Waals surface area (Å²) >= 11 is 0. The molecule has 1 aromatic heterocycles. The van der Waals surface area contributed by atoms with Gasteiger partial charge in [-0.05, 0) is 19.2 Å². The molecule has 0 atom stereocenters. The third-order valence-electron chi connectivity index (χ3n) is 2.74. The van der Waals surface area contributed by atoms with Crippen LogP contribution in [0.2, 0.25) is 0 Å². The monoisotopic (exact) mass is 291 g/mol. The minimum Gasteiger partial charge on any atom is -0.497 e. The summed E-state index contributed by atoms with van der Waals surface area (Å²) in [5, 5.41) is 12.0. The van der Waals surface area contributed by atoms with E-state index in [-0.39, 0.29) is 18.4 Å². The molecule has 112 valence electrons. The second-order valence-electron chi connectivity index (χ2n) is 4.15. The summed E-state index contributed by atoms with van der Waals surface area (Å²) in [4.78, 5) is 15.7. The zero-order valence-electron chi connectivity index (χ0n) is 12.1. The average molecular weight is 291 g/mol. The van der Waals surface area contributed by atoms with Gasteiger partial charge in [-0.25, -0.2) is 0 Å². The minimum atomic E-state index is -0.218. The molecule has 2 aromatic rings. The predicted molar refractivity (Wildman–Crippen MR) is 77.5 cm³/mol. The van der Waals surface area contributed by atoms with E-state index in [1.807, 2.05) is 0 Å². The van der Waals surface area contributed by atoms with Crippen molar-refractivity contribution in [1.29, 1.82) is 0 Å². The number of carbonyl (C=O) groups is 1. The van der Waals surface area contributed by atoms with E-state index >= 15 is 0 Å². The van der Waals surface area contributed by atoms with Gasteiger partial charge in [-0.1, -0.05) is 0 Å². The number of anilines is 1. The number of H-pyrrole nitrogens is 1. The number of aromatic nitrogens is 3. The van der Waals surface area contributed by atoms with Crippen LogP contribution in [0.1, 0.15) is 0 Å². The number of hydrogen-bond acceptors (Lipinski definition) is 6. The van der Waals surface area contributed by atoms with Crippen molar-refractivity contribution in [3.63, 3.8) is 0 Å². The van der Waals surface area contributed by atoms with Crippen molar-refractivity contribution in [3.8, 4) is 22.9 Å². The summed E-state index contributed by atoms with van der Waals surface area (Å²) in [7, 11) is 4.83. The van der Waals surface area contributed by atoms with E-state index in [1.54, 1.807) is 39.5 Å². The number of hydrogen-bond donors (Lipinski definition) is 3. The van der Waals surface area contributed by atoms with Gasteiger partial charge in [0.05, 0.1) is 26.3 Å². The Morgan fingerprint density at radius 2 is 2.14 bits per heavy atom. The first-order valence-corrected chi connectivity index (χ1v) is 6.27. The van der Waals surface area contributed by atoms with Gasteiger partial charge >= 0.3 is 0 Å². The highest BCUT2D eigenvalue weighted by molar-refractivity contribution is 5.90. The lowest BCUT2D eigenvalue weighted by atomic mass is 10.2. The minimum absolute atomic E-state index is 0.190. The Morgan fingerprint density at radius 3 is 2.81 bits per heavy atom. The smallest absolute Gasteiger partial charge is 0.249 e. The molecule has 0 bridgehead atoms. The second kappa shape index (κ2) is 6.71. The number of rotatable bonds is 6. The first-order valence-electron chi connectivity index (χ1n) is 6.27. The summed E-state index contributed by atoms with van der Waals surface area (Å²) in [5.41, 5.74) is 0.722. The molecular weight excluding hydrogens is 274 g/mol. The van der Waals surface area contributed by atoms with Gasteiger partial charge in [-0.2, -0.15) is 4.98 Å². The number of aromatic amines is 1. The molecule has 1 aromatic carbocycles. The Labute approximate surface area is 121 Å². The molecule has 1 heterocycles. The zero-order valence-corrected chi connectivity index (χ0v) is 12.1.